The minimum atomic E-state index is 0.387. The summed E-state index contributed by atoms with van der Waals surface area (Å²) < 4.78 is 13.7. The fourth-order valence-corrected chi connectivity index (χ4v) is 3.32. The molecule has 0 amide bonds. The quantitative estimate of drug-likeness (QED) is 0.526. The molecule has 2 aromatic heterocycles. The lowest BCUT2D eigenvalue weighted by Crippen LogP contribution is -1.97. The maximum absolute atomic E-state index is 5.86. The number of H-pyrrole nitrogens is 1. The fraction of sp³-hybridized carbons (Fsp3) is 0.316. The first-order valence-corrected chi connectivity index (χ1v) is 9.17. The van der Waals surface area contributed by atoms with Gasteiger partial charge in [0, 0.05) is 6.42 Å². The van der Waals surface area contributed by atoms with Crippen molar-refractivity contribution in [2.75, 3.05) is 0 Å². The summed E-state index contributed by atoms with van der Waals surface area (Å²) in [7, 11) is 0. The highest BCUT2D eigenvalue weighted by molar-refractivity contribution is 7.71. The zero-order valence-corrected chi connectivity index (χ0v) is 15.4. The lowest BCUT2D eigenvalue weighted by atomic mass is 10.1. The van der Waals surface area contributed by atoms with Gasteiger partial charge in [0.2, 0.25) is 4.77 Å². The Bertz CT molecular complexity index is 999. The summed E-state index contributed by atoms with van der Waals surface area (Å²) in [5.41, 5.74) is 2.84. The van der Waals surface area contributed by atoms with Gasteiger partial charge < -0.3 is 9.15 Å². The Morgan fingerprint density at radius 2 is 2.19 bits per heavy atom. The molecule has 1 aliphatic carbocycles. The van der Waals surface area contributed by atoms with Crippen molar-refractivity contribution >= 4 is 18.4 Å². The number of hydrogen-bond acceptors (Lipinski definition) is 5. The number of fused-ring (bicyclic) bond motifs is 1. The molecule has 2 heterocycles. The molecule has 0 spiro atoms. The van der Waals surface area contributed by atoms with E-state index in [1.54, 1.807) is 10.9 Å². The Morgan fingerprint density at radius 1 is 1.31 bits per heavy atom. The molecule has 0 saturated carbocycles. The van der Waals surface area contributed by atoms with E-state index in [0.717, 1.165) is 30.2 Å². The topological polar surface area (TPSA) is 68.3 Å². The van der Waals surface area contributed by atoms with Crippen LogP contribution >= 0.6 is 12.2 Å². The van der Waals surface area contributed by atoms with Crippen LogP contribution in [0.5, 0.6) is 5.75 Å². The molecule has 7 heteroatoms. The fourth-order valence-electron chi connectivity index (χ4n) is 3.12. The number of nitrogens with one attached hydrogen (secondary N) is 1. The molecule has 0 aliphatic heterocycles. The van der Waals surface area contributed by atoms with Crippen molar-refractivity contribution in [2.45, 2.75) is 39.2 Å². The molecule has 3 aromatic rings. The number of ether oxygens (including phenoxy) is 1. The summed E-state index contributed by atoms with van der Waals surface area (Å²) >= 11 is 5.17. The zero-order chi connectivity index (χ0) is 17.9. The van der Waals surface area contributed by atoms with E-state index < -0.39 is 0 Å². The predicted octanol–water partition coefficient (Wildman–Crippen LogP) is 4.05. The molecule has 6 nitrogen and oxygen atoms in total. The summed E-state index contributed by atoms with van der Waals surface area (Å²) in [5.74, 6) is 3.05. The van der Waals surface area contributed by atoms with E-state index in [-0.39, 0.29) is 0 Å². The van der Waals surface area contributed by atoms with Gasteiger partial charge in [-0.25, -0.2) is 0 Å². The van der Waals surface area contributed by atoms with Crippen LogP contribution in [-0.4, -0.2) is 21.1 Å². The number of furan rings is 1. The predicted molar refractivity (Wildman–Crippen MR) is 101 cm³/mol. The summed E-state index contributed by atoms with van der Waals surface area (Å²) in [6.45, 7) is 2.39. The van der Waals surface area contributed by atoms with E-state index in [2.05, 4.69) is 27.4 Å². The summed E-state index contributed by atoms with van der Waals surface area (Å²) in [4.78, 5) is 0. The minimum Gasteiger partial charge on any atom is -0.486 e. The van der Waals surface area contributed by atoms with Gasteiger partial charge in [0.15, 0.2) is 5.82 Å². The molecular weight excluding hydrogens is 348 g/mol. The van der Waals surface area contributed by atoms with Crippen molar-refractivity contribution < 1.29 is 9.15 Å². The van der Waals surface area contributed by atoms with Crippen molar-refractivity contribution in [3.05, 3.63) is 63.6 Å². The molecule has 0 saturated heterocycles. The molecule has 1 N–H and O–H groups in total. The van der Waals surface area contributed by atoms with Crippen molar-refractivity contribution in [1.82, 2.24) is 14.9 Å². The molecule has 0 radical (unpaired) electrons. The van der Waals surface area contributed by atoms with Gasteiger partial charge in [0.1, 0.15) is 23.9 Å². The summed E-state index contributed by atoms with van der Waals surface area (Å²) in [6, 6.07) is 10.1. The molecule has 0 unspecified atom stereocenters. The molecule has 4 rings (SSSR count). The second-order valence-electron chi connectivity index (χ2n) is 6.23. The highest BCUT2D eigenvalue weighted by Gasteiger charge is 2.11. The van der Waals surface area contributed by atoms with Gasteiger partial charge in [-0.05, 0) is 66.9 Å². The van der Waals surface area contributed by atoms with E-state index in [4.69, 9.17) is 21.4 Å². The number of nitrogens with zero attached hydrogens (tertiary/aromatic N) is 3. The van der Waals surface area contributed by atoms with Crippen molar-refractivity contribution in [3.8, 4) is 5.75 Å². The Morgan fingerprint density at radius 3 is 3.08 bits per heavy atom. The molecule has 0 bridgehead atoms. The zero-order valence-electron chi connectivity index (χ0n) is 14.6. The maximum Gasteiger partial charge on any atom is 0.216 e. The number of aromatic amines is 1. The van der Waals surface area contributed by atoms with Crippen LogP contribution in [-0.2, 0) is 25.9 Å². The first kappa shape index (κ1) is 16.8. The number of aromatic nitrogens is 3. The van der Waals surface area contributed by atoms with Crippen LogP contribution in [0.1, 0.15) is 41.8 Å². The number of hydrogen-bond donors (Lipinski definition) is 1. The third kappa shape index (κ3) is 3.48. The summed E-state index contributed by atoms with van der Waals surface area (Å²) in [5, 5.41) is 11.2. The Labute approximate surface area is 156 Å². The summed E-state index contributed by atoms with van der Waals surface area (Å²) in [6.07, 6.45) is 5.92. The van der Waals surface area contributed by atoms with E-state index in [1.165, 1.54) is 24.0 Å². The second-order valence-corrected chi connectivity index (χ2v) is 6.62. The average molecular weight is 368 g/mol. The van der Waals surface area contributed by atoms with Crippen LogP contribution in [0, 0.1) is 4.77 Å². The van der Waals surface area contributed by atoms with Crippen LogP contribution in [0.3, 0.4) is 0 Å². The minimum absolute atomic E-state index is 0.387. The highest BCUT2D eigenvalue weighted by Crippen LogP contribution is 2.26. The normalized spacial score (nSPS) is 13.4. The maximum atomic E-state index is 5.86. The average Bonchev–Trinajstić information content (AvgIpc) is 3.37. The van der Waals surface area contributed by atoms with E-state index >= 15 is 0 Å². The standard InChI is InChI=1S/C19H20N4O2S/c1-2-18-21-22-19(26)23(18)20-11-16-8-9-17(25-16)12-24-15-7-6-13-4-3-5-14(13)10-15/h6-11H,2-5,12H2,1H3,(H,22,26). The largest absolute Gasteiger partial charge is 0.486 e. The van der Waals surface area contributed by atoms with Crippen molar-refractivity contribution in [2.24, 2.45) is 5.10 Å². The van der Waals surface area contributed by atoms with Gasteiger partial charge in [0.25, 0.3) is 0 Å². The van der Waals surface area contributed by atoms with Crippen LogP contribution in [0.4, 0.5) is 0 Å². The van der Waals surface area contributed by atoms with Crippen LogP contribution < -0.4 is 4.74 Å². The number of aryl methyl sites for hydroxylation is 3. The van der Waals surface area contributed by atoms with Gasteiger partial charge >= 0.3 is 0 Å². The number of benzene rings is 1. The van der Waals surface area contributed by atoms with E-state index in [9.17, 15) is 0 Å². The molecule has 1 aliphatic rings. The Balaban J connectivity index is 1.41. The van der Waals surface area contributed by atoms with Gasteiger partial charge in [-0.3, -0.25) is 5.10 Å². The SMILES string of the molecule is CCc1n[nH]c(=S)n1N=Cc1ccc(COc2ccc3c(c2)CCC3)o1. The third-order valence-electron chi connectivity index (χ3n) is 4.47. The number of rotatable bonds is 6. The van der Waals surface area contributed by atoms with Gasteiger partial charge in [-0.2, -0.15) is 14.9 Å². The second kappa shape index (κ2) is 7.29. The molecule has 1 aromatic carbocycles. The van der Waals surface area contributed by atoms with Gasteiger partial charge in [0.05, 0.1) is 6.21 Å². The third-order valence-corrected chi connectivity index (χ3v) is 4.73. The molecule has 134 valence electrons. The molecule has 0 fully saturated rings. The molecule has 0 atom stereocenters. The van der Waals surface area contributed by atoms with Crippen LogP contribution in [0.15, 0.2) is 39.9 Å². The molecular formula is C19H20N4O2S. The monoisotopic (exact) mass is 368 g/mol. The Kier molecular flexibility index (Phi) is 4.71. The van der Waals surface area contributed by atoms with Crippen molar-refractivity contribution in [3.63, 3.8) is 0 Å². The van der Waals surface area contributed by atoms with Gasteiger partial charge in [-0.15, -0.1) is 0 Å². The lowest BCUT2D eigenvalue weighted by Gasteiger charge is -2.06. The highest BCUT2D eigenvalue weighted by atomic mass is 32.1. The molecule has 26 heavy (non-hydrogen) atoms. The van der Waals surface area contributed by atoms with E-state index in [1.807, 2.05) is 25.1 Å². The Hall–Kier alpha value is -2.67. The van der Waals surface area contributed by atoms with Crippen LogP contribution in [0.25, 0.3) is 0 Å². The van der Waals surface area contributed by atoms with Crippen LogP contribution in [0.2, 0.25) is 0 Å². The lowest BCUT2D eigenvalue weighted by molar-refractivity contribution is 0.269. The van der Waals surface area contributed by atoms with E-state index in [0.29, 0.717) is 17.1 Å². The smallest absolute Gasteiger partial charge is 0.216 e. The first-order valence-electron chi connectivity index (χ1n) is 8.77. The first-order chi connectivity index (χ1) is 12.7. The van der Waals surface area contributed by atoms with Gasteiger partial charge in [-0.1, -0.05) is 13.0 Å². The van der Waals surface area contributed by atoms with Crippen molar-refractivity contribution in [1.29, 1.82) is 0 Å².